The van der Waals surface area contributed by atoms with Crippen LogP contribution in [0, 0.1) is 0 Å². The van der Waals surface area contributed by atoms with Gasteiger partial charge in [0.05, 0.1) is 12.6 Å². The highest BCUT2D eigenvalue weighted by molar-refractivity contribution is 5.81. The fourth-order valence-electron chi connectivity index (χ4n) is 2.04. The fraction of sp³-hybridized carbons (Fsp3) is 0.500. The molecule has 0 saturated carbocycles. The Morgan fingerprint density at radius 1 is 1.50 bits per heavy atom. The molecule has 1 aliphatic rings. The number of hydrogen-bond acceptors (Lipinski definition) is 3. The van der Waals surface area contributed by atoms with Gasteiger partial charge in [-0.3, -0.25) is 4.79 Å². The van der Waals surface area contributed by atoms with Crippen LogP contribution in [0.5, 0.6) is 5.75 Å². The highest BCUT2D eigenvalue weighted by Gasteiger charge is 2.13. The quantitative estimate of drug-likeness (QED) is 0.824. The largest absolute Gasteiger partial charge is 0.493 e. The maximum Gasteiger partial charge on any atom is 0.236 e. The third-order valence-corrected chi connectivity index (χ3v) is 3.11. The first kappa shape index (κ1) is 12.9. The Bertz CT molecular complexity index is 432. The molecule has 18 heavy (non-hydrogen) atoms. The van der Waals surface area contributed by atoms with E-state index in [1.165, 1.54) is 11.1 Å². The molecular weight excluding hydrogens is 228 g/mol. The van der Waals surface area contributed by atoms with E-state index in [9.17, 15) is 4.79 Å². The number of rotatable bonds is 5. The second-order valence-electron chi connectivity index (χ2n) is 4.54. The molecule has 0 fully saturated rings. The molecular formula is C14H20N2O2. The molecule has 2 N–H and O–H groups in total. The maximum atomic E-state index is 11.6. The molecule has 1 amide bonds. The minimum Gasteiger partial charge on any atom is -0.493 e. The molecule has 98 valence electrons. The van der Waals surface area contributed by atoms with Crippen molar-refractivity contribution < 1.29 is 9.53 Å². The lowest BCUT2D eigenvalue weighted by Gasteiger charge is -2.13. The van der Waals surface area contributed by atoms with Crippen LogP contribution in [0.25, 0.3) is 0 Å². The summed E-state index contributed by atoms with van der Waals surface area (Å²) in [6, 6.07) is 6.03. The molecule has 0 bridgehead atoms. The van der Waals surface area contributed by atoms with Crippen molar-refractivity contribution in [2.75, 3.05) is 13.2 Å². The molecule has 1 unspecified atom stereocenters. The first-order valence-electron chi connectivity index (χ1n) is 6.46. The predicted octanol–water partition coefficient (Wildman–Crippen LogP) is 1.24. The molecule has 1 aromatic rings. The number of carbonyl (C=O) groups is 1. The van der Waals surface area contributed by atoms with Crippen molar-refractivity contribution in [3.63, 3.8) is 0 Å². The standard InChI is InChI=1S/C14H20N2O2/c1-3-15-14(17)10(2)16-9-11-4-5-13-12(8-11)6-7-18-13/h4-5,8,10,16H,3,6-7,9H2,1-2H3,(H,15,17). The number of likely N-dealkylation sites (N-methyl/N-ethyl adjacent to an activating group) is 1. The SMILES string of the molecule is CCNC(=O)C(C)NCc1ccc2c(c1)CCO2. The Hall–Kier alpha value is -1.55. The van der Waals surface area contributed by atoms with Crippen LogP contribution >= 0.6 is 0 Å². The van der Waals surface area contributed by atoms with Gasteiger partial charge in [0.2, 0.25) is 5.91 Å². The van der Waals surface area contributed by atoms with Crippen molar-refractivity contribution in [1.29, 1.82) is 0 Å². The van der Waals surface area contributed by atoms with Gasteiger partial charge >= 0.3 is 0 Å². The number of benzene rings is 1. The zero-order chi connectivity index (χ0) is 13.0. The molecule has 0 aromatic heterocycles. The van der Waals surface area contributed by atoms with Gasteiger partial charge in [-0.25, -0.2) is 0 Å². The zero-order valence-electron chi connectivity index (χ0n) is 11.0. The number of nitrogens with one attached hydrogen (secondary N) is 2. The second kappa shape index (κ2) is 5.87. The summed E-state index contributed by atoms with van der Waals surface area (Å²) in [7, 11) is 0. The molecule has 0 spiro atoms. The summed E-state index contributed by atoms with van der Waals surface area (Å²) < 4.78 is 5.46. The van der Waals surface area contributed by atoms with Gasteiger partial charge in [0.15, 0.2) is 0 Å². The highest BCUT2D eigenvalue weighted by atomic mass is 16.5. The van der Waals surface area contributed by atoms with E-state index in [-0.39, 0.29) is 11.9 Å². The van der Waals surface area contributed by atoms with Crippen LogP contribution in [-0.4, -0.2) is 25.1 Å². The Balaban J connectivity index is 1.88. The summed E-state index contributed by atoms with van der Waals surface area (Å²) in [5.41, 5.74) is 2.45. The number of ether oxygens (including phenoxy) is 1. The summed E-state index contributed by atoms with van der Waals surface area (Å²) in [6.07, 6.45) is 0.981. The van der Waals surface area contributed by atoms with E-state index in [1.54, 1.807) is 0 Å². The highest BCUT2D eigenvalue weighted by Crippen LogP contribution is 2.25. The molecule has 4 nitrogen and oxygen atoms in total. The van der Waals surface area contributed by atoms with Crippen molar-refractivity contribution in [3.05, 3.63) is 29.3 Å². The molecule has 1 aliphatic heterocycles. The van der Waals surface area contributed by atoms with E-state index in [4.69, 9.17) is 4.74 Å². The van der Waals surface area contributed by atoms with Gasteiger partial charge in [-0.2, -0.15) is 0 Å². The van der Waals surface area contributed by atoms with Gasteiger partial charge in [0.1, 0.15) is 5.75 Å². The van der Waals surface area contributed by atoms with Gasteiger partial charge in [-0.1, -0.05) is 12.1 Å². The Labute approximate surface area is 108 Å². The van der Waals surface area contributed by atoms with Gasteiger partial charge in [-0.05, 0) is 31.0 Å². The van der Waals surface area contributed by atoms with Crippen LogP contribution in [0.15, 0.2) is 18.2 Å². The summed E-state index contributed by atoms with van der Waals surface area (Å²) in [5, 5.41) is 6.02. The summed E-state index contributed by atoms with van der Waals surface area (Å²) in [4.78, 5) is 11.6. The Morgan fingerprint density at radius 3 is 3.11 bits per heavy atom. The lowest BCUT2D eigenvalue weighted by molar-refractivity contribution is -0.122. The number of carbonyl (C=O) groups excluding carboxylic acids is 1. The first-order chi connectivity index (χ1) is 8.70. The van der Waals surface area contributed by atoms with Gasteiger partial charge in [0, 0.05) is 19.5 Å². The van der Waals surface area contributed by atoms with E-state index < -0.39 is 0 Å². The monoisotopic (exact) mass is 248 g/mol. The van der Waals surface area contributed by atoms with Gasteiger partial charge < -0.3 is 15.4 Å². The third kappa shape index (κ3) is 3.01. The lowest BCUT2D eigenvalue weighted by Crippen LogP contribution is -2.41. The smallest absolute Gasteiger partial charge is 0.236 e. The molecule has 4 heteroatoms. The van der Waals surface area contributed by atoms with Crippen LogP contribution < -0.4 is 15.4 Å². The van der Waals surface area contributed by atoms with E-state index in [0.29, 0.717) is 13.1 Å². The van der Waals surface area contributed by atoms with Crippen molar-refractivity contribution in [2.45, 2.75) is 32.9 Å². The number of amides is 1. The van der Waals surface area contributed by atoms with Gasteiger partial charge in [0.25, 0.3) is 0 Å². The van der Waals surface area contributed by atoms with Crippen LogP contribution in [0.4, 0.5) is 0 Å². The van der Waals surface area contributed by atoms with Crippen molar-refractivity contribution in [3.8, 4) is 5.75 Å². The van der Waals surface area contributed by atoms with E-state index in [0.717, 1.165) is 18.8 Å². The average molecular weight is 248 g/mol. The minimum atomic E-state index is -0.172. The topological polar surface area (TPSA) is 50.4 Å². The summed E-state index contributed by atoms with van der Waals surface area (Å²) in [5.74, 6) is 1.04. The second-order valence-corrected chi connectivity index (χ2v) is 4.54. The maximum absolute atomic E-state index is 11.6. The van der Waals surface area contributed by atoms with Crippen LogP contribution in [0.1, 0.15) is 25.0 Å². The number of hydrogen-bond donors (Lipinski definition) is 2. The zero-order valence-corrected chi connectivity index (χ0v) is 11.0. The van der Waals surface area contributed by atoms with E-state index in [1.807, 2.05) is 26.0 Å². The normalized spacial score (nSPS) is 14.8. The predicted molar refractivity (Wildman–Crippen MR) is 70.6 cm³/mol. The molecule has 0 aliphatic carbocycles. The van der Waals surface area contributed by atoms with Crippen LogP contribution in [0.2, 0.25) is 0 Å². The summed E-state index contributed by atoms with van der Waals surface area (Å²) >= 11 is 0. The average Bonchev–Trinajstić information content (AvgIpc) is 2.83. The van der Waals surface area contributed by atoms with Gasteiger partial charge in [-0.15, -0.1) is 0 Å². The van der Waals surface area contributed by atoms with Crippen molar-refractivity contribution in [1.82, 2.24) is 10.6 Å². The summed E-state index contributed by atoms with van der Waals surface area (Å²) in [6.45, 7) is 5.95. The Morgan fingerprint density at radius 2 is 2.33 bits per heavy atom. The molecule has 0 saturated heterocycles. The van der Waals surface area contributed by atoms with E-state index in [2.05, 4.69) is 16.7 Å². The van der Waals surface area contributed by atoms with Crippen molar-refractivity contribution in [2.24, 2.45) is 0 Å². The lowest BCUT2D eigenvalue weighted by atomic mass is 10.1. The molecule has 2 rings (SSSR count). The molecule has 0 radical (unpaired) electrons. The van der Waals surface area contributed by atoms with Crippen LogP contribution in [0.3, 0.4) is 0 Å². The fourth-order valence-corrected chi connectivity index (χ4v) is 2.04. The molecule has 1 aromatic carbocycles. The minimum absolute atomic E-state index is 0.0435. The Kier molecular flexibility index (Phi) is 4.20. The first-order valence-corrected chi connectivity index (χ1v) is 6.46. The van der Waals surface area contributed by atoms with E-state index >= 15 is 0 Å². The number of fused-ring (bicyclic) bond motifs is 1. The van der Waals surface area contributed by atoms with Crippen molar-refractivity contribution >= 4 is 5.91 Å². The third-order valence-electron chi connectivity index (χ3n) is 3.11. The van der Waals surface area contributed by atoms with Crippen LogP contribution in [-0.2, 0) is 17.8 Å². The molecule has 1 atom stereocenters. The molecule has 1 heterocycles.